The Bertz CT molecular complexity index is 549. The molecule has 0 atom stereocenters. The van der Waals surface area contributed by atoms with E-state index in [0.29, 0.717) is 32.0 Å². The highest BCUT2D eigenvalue weighted by molar-refractivity contribution is 7.11. The lowest BCUT2D eigenvalue weighted by atomic mass is 9.87. The van der Waals surface area contributed by atoms with Crippen LogP contribution in [-0.2, 0) is 11.3 Å². The van der Waals surface area contributed by atoms with Crippen LogP contribution in [0.1, 0.15) is 55.2 Å². The van der Waals surface area contributed by atoms with Gasteiger partial charge in [0.15, 0.2) is 5.96 Å². The van der Waals surface area contributed by atoms with Crippen LogP contribution >= 0.6 is 11.3 Å². The third-order valence-electron chi connectivity index (χ3n) is 4.47. The number of aliphatic imine (C=N–C) groups is 1. The van der Waals surface area contributed by atoms with Crippen molar-refractivity contribution < 1.29 is 4.79 Å². The molecule has 5 nitrogen and oxygen atoms in total. The average molecular weight is 365 g/mol. The lowest BCUT2D eigenvalue weighted by Gasteiger charge is -2.20. The van der Waals surface area contributed by atoms with Gasteiger partial charge >= 0.3 is 0 Å². The van der Waals surface area contributed by atoms with Crippen molar-refractivity contribution in [3.05, 3.63) is 21.9 Å². The Morgan fingerprint density at radius 1 is 1.16 bits per heavy atom. The van der Waals surface area contributed by atoms with E-state index in [2.05, 4.69) is 46.9 Å². The highest BCUT2D eigenvalue weighted by Gasteiger charge is 2.16. The quantitative estimate of drug-likeness (QED) is 0.377. The monoisotopic (exact) mass is 364 g/mol. The summed E-state index contributed by atoms with van der Waals surface area (Å²) in [4.78, 5) is 19.2. The molecule has 1 fully saturated rings. The standard InChI is InChI=1S/C19H32N4OS/c1-3-20-19(23-14-17-10-9-15(2)25-17)22-12-11-21-18(24)13-16-7-5-4-6-8-16/h9-10,16H,3-8,11-14H2,1-2H3,(H,21,24)(H2,20,22,23). The zero-order valence-electron chi connectivity index (χ0n) is 15.6. The van der Waals surface area contributed by atoms with E-state index >= 15 is 0 Å². The summed E-state index contributed by atoms with van der Waals surface area (Å²) < 4.78 is 0. The average Bonchev–Trinajstić information content (AvgIpc) is 3.02. The summed E-state index contributed by atoms with van der Waals surface area (Å²) in [5, 5.41) is 9.55. The molecule has 0 radical (unpaired) electrons. The van der Waals surface area contributed by atoms with E-state index in [4.69, 9.17) is 0 Å². The number of nitrogens with zero attached hydrogens (tertiary/aromatic N) is 1. The van der Waals surface area contributed by atoms with Gasteiger partial charge in [0.25, 0.3) is 0 Å². The molecule has 1 aliphatic carbocycles. The van der Waals surface area contributed by atoms with E-state index in [9.17, 15) is 4.79 Å². The normalized spacial score (nSPS) is 15.8. The van der Waals surface area contributed by atoms with Crippen molar-refractivity contribution >= 4 is 23.2 Å². The Morgan fingerprint density at radius 3 is 2.60 bits per heavy atom. The maximum absolute atomic E-state index is 12.0. The van der Waals surface area contributed by atoms with Gasteiger partial charge in [-0.15, -0.1) is 11.3 Å². The van der Waals surface area contributed by atoms with E-state index in [-0.39, 0.29) is 5.91 Å². The van der Waals surface area contributed by atoms with E-state index in [0.717, 1.165) is 12.5 Å². The van der Waals surface area contributed by atoms with E-state index < -0.39 is 0 Å². The van der Waals surface area contributed by atoms with Gasteiger partial charge in [0.1, 0.15) is 0 Å². The van der Waals surface area contributed by atoms with Gasteiger partial charge in [0.05, 0.1) is 6.54 Å². The van der Waals surface area contributed by atoms with Gasteiger partial charge in [-0.3, -0.25) is 4.79 Å². The summed E-state index contributed by atoms with van der Waals surface area (Å²) in [6.07, 6.45) is 7.01. The zero-order valence-corrected chi connectivity index (χ0v) is 16.4. The van der Waals surface area contributed by atoms with Crippen LogP contribution in [0.4, 0.5) is 0 Å². The minimum Gasteiger partial charge on any atom is -0.357 e. The maximum atomic E-state index is 12.0. The molecular formula is C19H32N4OS. The molecule has 25 heavy (non-hydrogen) atoms. The molecule has 1 aliphatic rings. The number of aryl methyl sites for hydroxylation is 1. The van der Waals surface area contributed by atoms with E-state index in [1.165, 1.54) is 41.9 Å². The Hall–Kier alpha value is -1.56. The number of amides is 1. The van der Waals surface area contributed by atoms with Crippen LogP contribution in [0.2, 0.25) is 0 Å². The fraction of sp³-hybridized carbons (Fsp3) is 0.684. The number of thiophene rings is 1. The largest absolute Gasteiger partial charge is 0.357 e. The molecule has 140 valence electrons. The SMILES string of the molecule is CCNC(=NCc1ccc(C)s1)NCCNC(=O)CC1CCCCC1. The first-order chi connectivity index (χ1) is 12.2. The molecule has 0 bridgehead atoms. The molecule has 0 saturated heterocycles. The second kappa shape index (κ2) is 11.1. The molecule has 1 aromatic heterocycles. The van der Waals surface area contributed by atoms with Crippen LogP contribution in [0.3, 0.4) is 0 Å². The molecule has 1 heterocycles. The molecule has 6 heteroatoms. The predicted octanol–water partition coefficient (Wildman–Crippen LogP) is 3.20. The van der Waals surface area contributed by atoms with Gasteiger partial charge in [-0.1, -0.05) is 19.3 Å². The summed E-state index contributed by atoms with van der Waals surface area (Å²) in [6, 6.07) is 4.25. The zero-order chi connectivity index (χ0) is 17.9. The third-order valence-corrected chi connectivity index (χ3v) is 5.46. The van der Waals surface area contributed by atoms with Crippen molar-refractivity contribution in [2.24, 2.45) is 10.9 Å². The smallest absolute Gasteiger partial charge is 0.220 e. The number of hydrogen-bond acceptors (Lipinski definition) is 3. The van der Waals surface area contributed by atoms with Crippen molar-refractivity contribution in [1.82, 2.24) is 16.0 Å². The Balaban J connectivity index is 1.65. The number of guanidine groups is 1. The van der Waals surface area contributed by atoms with Gasteiger partial charge in [0, 0.05) is 35.8 Å². The van der Waals surface area contributed by atoms with Crippen LogP contribution < -0.4 is 16.0 Å². The maximum Gasteiger partial charge on any atom is 0.220 e. The Kier molecular flexibility index (Phi) is 8.80. The molecule has 3 N–H and O–H groups in total. The van der Waals surface area contributed by atoms with Crippen LogP contribution in [0.5, 0.6) is 0 Å². The van der Waals surface area contributed by atoms with Crippen molar-refractivity contribution in [2.45, 2.75) is 58.9 Å². The van der Waals surface area contributed by atoms with Crippen molar-refractivity contribution in [3.63, 3.8) is 0 Å². The number of nitrogens with one attached hydrogen (secondary N) is 3. The summed E-state index contributed by atoms with van der Waals surface area (Å²) in [5.74, 6) is 1.58. The fourth-order valence-corrected chi connectivity index (χ4v) is 3.99. The molecule has 0 aromatic carbocycles. The van der Waals surface area contributed by atoms with E-state index in [1.807, 2.05) is 0 Å². The molecule has 1 amide bonds. The molecule has 1 saturated carbocycles. The van der Waals surface area contributed by atoms with Crippen LogP contribution in [-0.4, -0.2) is 31.5 Å². The summed E-state index contributed by atoms with van der Waals surface area (Å²) in [6.45, 7) is 6.99. The second-order valence-corrected chi connectivity index (χ2v) is 8.06. The van der Waals surface area contributed by atoms with Gasteiger partial charge < -0.3 is 16.0 Å². The molecule has 1 aromatic rings. The van der Waals surface area contributed by atoms with Crippen molar-refractivity contribution in [3.8, 4) is 0 Å². The molecular weight excluding hydrogens is 332 g/mol. The van der Waals surface area contributed by atoms with Crippen molar-refractivity contribution in [1.29, 1.82) is 0 Å². The minimum atomic E-state index is 0.185. The highest BCUT2D eigenvalue weighted by atomic mass is 32.1. The lowest BCUT2D eigenvalue weighted by Crippen LogP contribution is -2.41. The number of carbonyl (C=O) groups excluding carboxylic acids is 1. The van der Waals surface area contributed by atoms with Crippen molar-refractivity contribution in [2.75, 3.05) is 19.6 Å². The van der Waals surface area contributed by atoms with Gasteiger partial charge in [-0.05, 0) is 44.7 Å². The van der Waals surface area contributed by atoms with Crippen LogP contribution in [0.25, 0.3) is 0 Å². The van der Waals surface area contributed by atoms with Gasteiger partial charge in [0.2, 0.25) is 5.91 Å². The topological polar surface area (TPSA) is 65.5 Å². The lowest BCUT2D eigenvalue weighted by molar-refractivity contribution is -0.122. The summed E-state index contributed by atoms with van der Waals surface area (Å²) in [7, 11) is 0. The van der Waals surface area contributed by atoms with Gasteiger partial charge in [-0.25, -0.2) is 4.99 Å². The minimum absolute atomic E-state index is 0.185. The summed E-state index contributed by atoms with van der Waals surface area (Å²) >= 11 is 1.78. The Labute approximate surface area is 155 Å². The molecule has 0 unspecified atom stereocenters. The fourth-order valence-electron chi connectivity index (χ4n) is 3.18. The van der Waals surface area contributed by atoms with Crippen LogP contribution in [0.15, 0.2) is 17.1 Å². The predicted molar refractivity (Wildman–Crippen MR) is 106 cm³/mol. The summed E-state index contributed by atoms with van der Waals surface area (Å²) in [5.41, 5.74) is 0. The van der Waals surface area contributed by atoms with Crippen LogP contribution in [0, 0.1) is 12.8 Å². The first kappa shape index (κ1) is 19.8. The second-order valence-electron chi connectivity index (χ2n) is 6.69. The number of hydrogen-bond donors (Lipinski definition) is 3. The first-order valence-electron chi connectivity index (χ1n) is 9.51. The first-order valence-corrected chi connectivity index (χ1v) is 10.3. The highest BCUT2D eigenvalue weighted by Crippen LogP contribution is 2.25. The molecule has 0 aliphatic heterocycles. The molecule has 2 rings (SSSR count). The van der Waals surface area contributed by atoms with Gasteiger partial charge in [-0.2, -0.15) is 0 Å². The third kappa shape index (κ3) is 7.90. The van der Waals surface area contributed by atoms with E-state index in [1.54, 1.807) is 11.3 Å². The number of carbonyl (C=O) groups is 1. The molecule has 0 spiro atoms. The number of rotatable bonds is 8. The Morgan fingerprint density at radius 2 is 1.92 bits per heavy atom.